The fourth-order valence-corrected chi connectivity index (χ4v) is 2.33. The minimum absolute atomic E-state index is 0.122. The minimum atomic E-state index is -0.122. The van der Waals surface area contributed by atoms with Gasteiger partial charge in [0.15, 0.2) is 11.6 Å². The topological polar surface area (TPSA) is 70.5 Å². The number of nitrogens with one attached hydrogen (secondary N) is 1. The molecule has 0 radical (unpaired) electrons. The summed E-state index contributed by atoms with van der Waals surface area (Å²) in [5.74, 6) is 2.64. The molecule has 1 aliphatic rings. The molecule has 1 saturated carbocycles. The number of aromatic nitrogens is 2. The number of ether oxygens (including phenoxy) is 1. The van der Waals surface area contributed by atoms with Crippen LogP contribution in [0.5, 0.6) is 5.75 Å². The van der Waals surface area contributed by atoms with Crippen LogP contribution in [-0.2, 0) is 0 Å². The Morgan fingerprint density at radius 3 is 2.78 bits per heavy atom. The first-order chi connectivity index (χ1) is 8.65. The minimum Gasteiger partial charge on any atom is -0.490 e. The summed E-state index contributed by atoms with van der Waals surface area (Å²) < 4.78 is 5.36. The lowest BCUT2D eigenvalue weighted by atomic mass is 9.82. The van der Waals surface area contributed by atoms with Crippen molar-refractivity contribution in [1.29, 1.82) is 0 Å². The van der Waals surface area contributed by atoms with Crippen LogP contribution in [0.4, 0.5) is 11.6 Å². The zero-order valence-electron chi connectivity index (χ0n) is 11.1. The second-order valence-corrected chi connectivity index (χ2v) is 4.70. The molecular weight excluding hydrogens is 232 g/mol. The molecule has 0 atom stereocenters. The summed E-state index contributed by atoms with van der Waals surface area (Å²) in [5.41, 5.74) is 0. The van der Waals surface area contributed by atoms with Gasteiger partial charge >= 0.3 is 0 Å². The van der Waals surface area contributed by atoms with Crippen molar-refractivity contribution in [3.63, 3.8) is 0 Å². The van der Waals surface area contributed by atoms with E-state index in [4.69, 9.17) is 4.74 Å². The summed E-state index contributed by atoms with van der Waals surface area (Å²) in [5, 5.41) is 12.3. The Morgan fingerprint density at radius 1 is 1.50 bits per heavy atom. The molecule has 100 valence electrons. The van der Waals surface area contributed by atoms with Crippen molar-refractivity contribution in [2.45, 2.75) is 18.9 Å². The number of hydrogen-bond acceptors (Lipinski definition) is 6. The van der Waals surface area contributed by atoms with Gasteiger partial charge in [-0.25, -0.2) is 9.97 Å². The summed E-state index contributed by atoms with van der Waals surface area (Å²) in [4.78, 5) is 10.5. The largest absolute Gasteiger partial charge is 0.490 e. The van der Waals surface area contributed by atoms with E-state index in [1.807, 2.05) is 7.05 Å². The third-order valence-electron chi connectivity index (χ3n) is 3.33. The summed E-state index contributed by atoms with van der Waals surface area (Å²) in [7, 11) is 5.40. The van der Waals surface area contributed by atoms with E-state index in [9.17, 15) is 5.11 Å². The van der Waals surface area contributed by atoms with Gasteiger partial charge in [-0.2, -0.15) is 0 Å². The SMILES string of the molecule is CNc1ncnc(N(C)CC2CC(O)C2)c1OC. The van der Waals surface area contributed by atoms with E-state index in [1.54, 1.807) is 14.2 Å². The summed E-state index contributed by atoms with van der Waals surface area (Å²) in [6.07, 6.45) is 3.15. The molecule has 1 heterocycles. The standard InChI is InChI=1S/C12H20N4O2/c1-13-11-10(18-3)12(15-7-14-11)16(2)6-8-4-9(17)5-8/h7-9,17H,4-6H2,1-3H3,(H,13,14,15). The molecule has 1 aromatic rings. The van der Waals surface area contributed by atoms with Gasteiger partial charge < -0.3 is 20.1 Å². The number of methoxy groups -OCH3 is 1. The Balaban J connectivity index is 2.11. The van der Waals surface area contributed by atoms with Gasteiger partial charge in [-0.15, -0.1) is 0 Å². The lowest BCUT2D eigenvalue weighted by Crippen LogP contribution is -2.37. The third kappa shape index (κ3) is 2.48. The van der Waals surface area contributed by atoms with E-state index >= 15 is 0 Å². The Labute approximate surface area is 107 Å². The van der Waals surface area contributed by atoms with Crippen molar-refractivity contribution in [1.82, 2.24) is 9.97 Å². The van der Waals surface area contributed by atoms with E-state index in [0.29, 0.717) is 17.5 Å². The van der Waals surface area contributed by atoms with E-state index in [2.05, 4.69) is 20.2 Å². The van der Waals surface area contributed by atoms with Crippen LogP contribution in [-0.4, -0.2) is 48.9 Å². The smallest absolute Gasteiger partial charge is 0.204 e. The van der Waals surface area contributed by atoms with Crippen LogP contribution < -0.4 is 15.0 Å². The average Bonchev–Trinajstić information content (AvgIpc) is 2.35. The highest BCUT2D eigenvalue weighted by molar-refractivity contribution is 5.64. The maximum atomic E-state index is 9.31. The maximum Gasteiger partial charge on any atom is 0.204 e. The predicted molar refractivity (Wildman–Crippen MR) is 70.1 cm³/mol. The van der Waals surface area contributed by atoms with E-state index in [1.165, 1.54) is 6.33 Å². The van der Waals surface area contributed by atoms with Crippen molar-refractivity contribution < 1.29 is 9.84 Å². The van der Waals surface area contributed by atoms with Gasteiger partial charge in [0.25, 0.3) is 0 Å². The second-order valence-electron chi connectivity index (χ2n) is 4.70. The molecule has 0 spiro atoms. The van der Waals surface area contributed by atoms with Gasteiger partial charge in [0, 0.05) is 20.6 Å². The Kier molecular flexibility index (Phi) is 3.86. The Hall–Kier alpha value is -1.56. The van der Waals surface area contributed by atoms with Crippen molar-refractivity contribution in [3.8, 4) is 5.75 Å². The van der Waals surface area contributed by atoms with Crippen molar-refractivity contribution >= 4 is 11.6 Å². The van der Waals surface area contributed by atoms with Crippen LogP contribution in [0.15, 0.2) is 6.33 Å². The first-order valence-electron chi connectivity index (χ1n) is 6.11. The third-order valence-corrected chi connectivity index (χ3v) is 3.33. The molecule has 2 rings (SSSR count). The van der Waals surface area contributed by atoms with Crippen molar-refractivity contribution in [3.05, 3.63) is 6.33 Å². The summed E-state index contributed by atoms with van der Waals surface area (Å²) in [6, 6.07) is 0. The molecule has 0 saturated heterocycles. The number of aliphatic hydroxyl groups excluding tert-OH is 1. The molecule has 0 aromatic carbocycles. The number of anilines is 2. The highest BCUT2D eigenvalue weighted by Gasteiger charge is 2.29. The first-order valence-corrected chi connectivity index (χ1v) is 6.11. The van der Waals surface area contributed by atoms with Crippen LogP contribution in [0.25, 0.3) is 0 Å². The first kappa shape index (κ1) is 12.9. The van der Waals surface area contributed by atoms with Gasteiger partial charge in [-0.05, 0) is 18.8 Å². The van der Waals surface area contributed by atoms with Gasteiger partial charge in [0.05, 0.1) is 13.2 Å². The normalized spacial score (nSPS) is 22.2. The number of hydrogen-bond donors (Lipinski definition) is 2. The summed E-state index contributed by atoms with van der Waals surface area (Å²) in [6.45, 7) is 0.869. The van der Waals surface area contributed by atoms with E-state index in [-0.39, 0.29) is 6.10 Å². The Bertz CT molecular complexity index is 407. The van der Waals surface area contributed by atoms with Crippen LogP contribution in [0.3, 0.4) is 0 Å². The Morgan fingerprint density at radius 2 is 2.22 bits per heavy atom. The molecule has 1 aliphatic carbocycles. The molecule has 0 unspecified atom stereocenters. The number of aliphatic hydroxyl groups is 1. The highest BCUT2D eigenvalue weighted by atomic mass is 16.5. The van der Waals surface area contributed by atoms with E-state index in [0.717, 1.165) is 25.2 Å². The van der Waals surface area contributed by atoms with Crippen molar-refractivity contribution in [2.75, 3.05) is 38.0 Å². The number of rotatable bonds is 5. The van der Waals surface area contributed by atoms with E-state index < -0.39 is 0 Å². The van der Waals surface area contributed by atoms with Crippen LogP contribution in [0, 0.1) is 5.92 Å². The highest BCUT2D eigenvalue weighted by Crippen LogP contribution is 2.34. The fraction of sp³-hybridized carbons (Fsp3) is 0.667. The molecule has 1 aromatic heterocycles. The van der Waals surface area contributed by atoms with Gasteiger partial charge in [-0.3, -0.25) is 0 Å². The van der Waals surface area contributed by atoms with Crippen LogP contribution in [0.2, 0.25) is 0 Å². The zero-order valence-corrected chi connectivity index (χ0v) is 11.1. The average molecular weight is 252 g/mol. The second kappa shape index (κ2) is 5.39. The van der Waals surface area contributed by atoms with Crippen molar-refractivity contribution in [2.24, 2.45) is 5.92 Å². The predicted octanol–water partition coefficient (Wildman–Crippen LogP) is 0.734. The summed E-state index contributed by atoms with van der Waals surface area (Å²) >= 11 is 0. The van der Waals surface area contributed by atoms with Gasteiger partial charge in [0.1, 0.15) is 6.33 Å². The lowest BCUT2D eigenvalue weighted by molar-refractivity contribution is 0.0464. The lowest BCUT2D eigenvalue weighted by Gasteiger charge is -2.35. The molecule has 6 heteroatoms. The maximum absolute atomic E-state index is 9.31. The van der Waals surface area contributed by atoms with Gasteiger partial charge in [-0.1, -0.05) is 0 Å². The molecule has 6 nitrogen and oxygen atoms in total. The quantitative estimate of drug-likeness (QED) is 0.805. The molecule has 0 aliphatic heterocycles. The molecule has 0 amide bonds. The monoisotopic (exact) mass is 252 g/mol. The molecule has 18 heavy (non-hydrogen) atoms. The number of nitrogens with zero attached hydrogens (tertiary/aromatic N) is 3. The van der Waals surface area contributed by atoms with Crippen LogP contribution in [0.1, 0.15) is 12.8 Å². The fourth-order valence-electron chi connectivity index (χ4n) is 2.33. The zero-order chi connectivity index (χ0) is 13.1. The molecule has 1 fully saturated rings. The molecule has 0 bridgehead atoms. The molecule has 2 N–H and O–H groups in total. The van der Waals surface area contributed by atoms with Gasteiger partial charge in [0.2, 0.25) is 5.75 Å². The molecular formula is C12H20N4O2. The van der Waals surface area contributed by atoms with Crippen LogP contribution >= 0.6 is 0 Å².